The summed E-state index contributed by atoms with van der Waals surface area (Å²) in [7, 11) is 2.60. The molecular weight excluding hydrogens is 320 g/mol. The molecule has 2 N–H and O–H groups in total. The topological polar surface area (TPSA) is 114 Å². The summed E-state index contributed by atoms with van der Waals surface area (Å²) in [5.41, 5.74) is 6.12. The number of methoxy groups -OCH3 is 2. The van der Waals surface area contributed by atoms with Gasteiger partial charge in [0.05, 0.1) is 36.7 Å². The van der Waals surface area contributed by atoms with E-state index in [9.17, 15) is 10.1 Å². The fraction of sp³-hybridized carbons (Fsp3) is 0.133. The number of rotatable bonds is 3. The van der Waals surface area contributed by atoms with Crippen LogP contribution in [0.15, 0.2) is 18.3 Å². The van der Waals surface area contributed by atoms with E-state index < -0.39 is 5.97 Å². The molecule has 0 saturated carbocycles. The van der Waals surface area contributed by atoms with Crippen LogP contribution in [-0.4, -0.2) is 24.8 Å². The number of halogens is 1. The van der Waals surface area contributed by atoms with Crippen LogP contribution in [0.4, 0.5) is 5.69 Å². The maximum atomic E-state index is 12.0. The Bertz CT molecular complexity index is 874. The standard InChI is InChI=1S/C15H11ClN4O3/c1-22-10-4-3-8(5-17)13(11(10)16)20-7-9(6-18)12(19)14(20)15(21)23-2/h3-4,7H,19H2,1-2H3. The molecule has 0 aliphatic rings. The van der Waals surface area contributed by atoms with Crippen LogP contribution in [0.1, 0.15) is 21.6 Å². The number of benzene rings is 1. The van der Waals surface area contributed by atoms with E-state index in [0.29, 0.717) is 5.75 Å². The molecule has 2 rings (SSSR count). The first-order chi connectivity index (χ1) is 11.0. The van der Waals surface area contributed by atoms with E-state index in [1.165, 1.54) is 37.1 Å². The van der Waals surface area contributed by atoms with Gasteiger partial charge in [-0.25, -0.2) is 4.79 Å². The largest absolute Gasteiger partial charge is 0.495 e. The van der Waals surface area contributed by atoms with Crippen molar-refractivity contribution in [3.8, 4) is 23.6 Å². The Kier molecular flexibility index (Phi) is 4.44. The molecule has 0 amide bonds. The van der Waals surface area contributed by atoms with Crippen molar-refractivity contribution in [2.24, 2.45) is 0 Å². The zero-order valence-electron chi connectivity index (χ0n) is 12.3. The van der Waals surface area contributed by atoms with Gasteiger partial charge in [-0.1, -0.05) is 11.6 Å². The van der Waals surface area contributed by atoms with Crippen LogP contribution in [0.25, 0.3) is 5.69 Å². The van der Waals surface area contributed by atoms with Gasteiger partial charge in [0, 0.05) is 6.20 Å². The highest BCUT2D eigenvalue weighted by molar-refractivity contribution is 6.34. The van der Waals surface area contributed by atoms with Crippen molar-refractivity contribution in [1.82, 2.24) is 4.57 Å². The highest BCUT2D eigenvalue weighted by atomic mass is 35.5. The number of hydrogen-bond donors (Lipinski definition) is 1. The van der Waals surface area contributed by atoms with Crippen LogP contribution in [0.2, 0.25) is 5.02 Å². The quantitative estimate of drug-likeness (QED) is 0.863. The molecule has 116 valence electrons. The summed E-state index contributed by atoms with van der Waals surface area (Å²) < 4.78 is 11.1. The smallest absolute Gasteiger partial charge is 0.357 e. The van der Waals surface area contributed by atoms with Crippen molar-refractivity contribution in [2.75, 3.05) is 20.0 Å². The van der Waals surface area contributed by atoms with Crippen molar-refractivity contribution >= 4 is 23.3 Å². The normalized spacial score (nSPS) is 9.78. The Hall–Kier alpha value is -3.16. The van der Waals surface area contributed by atoms with E-state index in [0.717, 1.165) is 0 Å². The molecule has 0 bridgehead atoms. The average Bonchev–Trinajstić information content (AvgIpc) is 2.89. The van der Waals surface area contributed by atoms with Crippen LogP contribution in [-0.2, 0) is 4.74 Å². The van der Waals surface area contributed by atoms with Crippen LogP contribution >= 0.6 is 11.6 Å². The molecule has 23 heavy (non-hydrogen) atoms. The molecule has 1 aromatic heterocycles. The second kappa shape index (κ2) is 6.30. The molecule has 0 atom stereocenters. The molecule has 0 spiro atoms. The predicted molar refractivity (Wildman–Crippen MR) is 82.5 cm³/mol. The Morgan fingerprint density at radius 3 is 2.43 bits per heavy atom. The number of nitrogens with zero attached hydrogens (tertiary/aromatic N) is 3. The molecule has 2 aromatic rings. The first-order valence-corrected chi connectivity index (χ1v) is 6.64. The highest BCUT2D eigenvalue weighted by Crippen LogP contribution is 2.36. The van der Waals surface area contributed by atoms with Gasteiger partial charge >= 0.3 is 5.97 Å². The van der Waals surface area contributed by atoms with Gasteiger partial charge in [-0.15, -0.1) is 0 Å². The van der Waals surface area contributed by atoms with Crippen LogP contribution in [0.3, 0.4) is 0 Å². The van der Waals surface area contributed by atoms with E-state index in [1.807, 2.05) is 12.1 Å². The van der Waals surface area contributed by atoms with E-state index in [-0.39, 0.29) is 33.2 Å². The average molecular weight is 331 g/mol. The molecule has 7 nitrogen and oxygen atoms in total. The van der Waals surface area contributed by atoms with Gasteiger partial charge in [-0.05, 0) is 12.1 Å². The lowest BCUT2D eigenvalue weighted by Gasteiger charge is -2.14. The monoisotopic (exact) mass is 330 g/mol. The van der Waals surface area contributed by atoms with E-state index in [1.54, 1.807) is 0 Å². The third-order valence-electron chi connectivity index (χ3n) is 3.21. The molecule has 1 aromatic carbocycles. The van der Waals surface area contributed by atoms with Crippen molar-refractivity contribution in [3.63, 3.8) is 0 Å². The van der Waals surface area contributed by atoms with Gasteiger partial charge in [0.15, 0.2) is 5.69 Å². The summed E-state index contributed by atoms with van der Waals surface area (Å²) in [6, 6.07) is 6.88. The third kappa shape index (κ3) is 2.54. The number of esters is 1. The number of aromatic nitrogens is 1. The molecule has 0 fully saturated rings. The van der Waals surface area contributed by atoms with E-state index in [2.05, 4.69) is 0 Å². The van der Waals surface area contributed by atoms with Crippen LogP contribution in [0, 0.1) is 22.7 Å². The van der Waals surface area contributed by atoms with E-state index in [4.69, 9.17) is 32.1 Å². The number of nitrogens with two attached hydrogens (primary N) is 1. The molecule has 0 aliphatic carbocycles. The maximum absolute atomic E-state index is 12.0. The highest BCUT2D eigenvalue weighted by Gasteiger charge is 2.25. The number of hydrogen-bond acceptors (Lipinski definition) is 6. The second-order valence-corrected chi connectivity index (χ2v) is 4.75. The lowest BCUT2D eigenvalue weighted by molar-refractivity contribution is 0.0593. The molecule has 1 heterocycles. The van der Waals surface area contributed by atoms with Gasteiger partial charge in [-0.3, -0.25) is 0 Å². The molecule has 0 radical (unpaired) electrons. The Labute approximate surface area is 137 Å². The van der Waals surface area contributed by atoms with Gasteiger partial charge in [0.1, 0.15) is 22.9 Å². The summed E-state index contributed by atoms with van der Waals surface area (Å²) in [5, 5.41) is 18.6. The number of ether oxygens (including phenoxy) is 2. The summed E-state index contributed by atoms with van der Waals surface area (Å²) >= 11 is 6.28. The SMILES string of the molecule is COC(=O)c1c(N)c(C#N)cn1-c1c(C#N)ccc(OC)c1Cl. The van der Waals surface area contributed by atoms with Gasteiger partial charge in [0.25, 0.3) is 0 Å². The zero-order chi connectivity index (χ0) is 17.1. The number of nitriles is 2. The Morgan fingerprint density at radius 2 is 1.91 bits per heavy atom. The zero-order valence-corrected chi connectivity index (χ0v) is 13.0. The Morgan fingerprint density at radius 1 is 1.26 bits per heavy atom. The molecule has 0 saturated heterocycles. The van der Waals surface area contributed by atoms with E-state index >= 15 is 0 Å². The fourth-order valence-corrected chi connectivity index (χ4v) is 2.45. The third-order valence-corrected chi connectivity index (χ3v) is 3.57. The lowest BCUT2D eigenvalue weighted by atomic mass is 10.1. The summed E-state index contributed by atoms with van der Waals surface area (Å²) in [4.78, 5) is 12.0. The molecular formula is C15H11ClN4O3. The summed E-state index contributed by atoms with van der Waals surface area (Å²) in [6.45, 7) is 0. The molecule has 0 unspecified atom stereocenters. The van der Waals surface area contributed by atoms with Crippen molar-refractivity contribution in [1.29, 1.82) is 10.5 Å². The van der Waals surface area contributed by atoms with Gasteiger partial charge in [0.2, 0.25) is 0 Å². The summed E-state index contributed by atoms with van der Waals surface area (Å²) in [6.07, 6.45) is 1.32. The van der Waals surface area contributed by atoms with Gasteiger partial charge in [-0.2, -0.15) is 10.5 Å². The minimum Gasteiger partial charge on any atom is -0.495 e. The van der Waals surface area contributed by atoms with Crippen molar-refractivity contribution < 1.29 is 14.3 Å². The van der Waals surface area contributed by atoms with Crippen LogP contribution in [0.5, 0.6) is 5.75 Å². The number of nitrogen functional groups attached to an aromatic ring is 1. The predicted octanol–water partition coefficient (Wildman–Crippen LogP) is 2.25. The number of anilines is 1. The lowest BCUT2D eigenvalue weighted by Crippen LogP contribution is -2.12. The molecule has 8 heteroatoms. The summed E-state index contributed by atoms with van der Waals surface area (Å²) in [5.74, 6) is -0.450. The first kappa shape index (κ1) is 16.2. The van der Waals surface area contributed by atoms with Gasteiger partial charge < -0.3 is 19.8 Å². The maximum Gasteiger partial charge on any atom is 0.357 e. The fourth-order valence-electron chi connectivity index (χ4n) is 2.12. The molecule has 0 aliphatic heterocycles. The first-order valence-electron chi connectivity index (χ1n) is 6.26. The Balaban J connectivity index is 2.90. The number of carbonyl (C=O) groups is 1. The second-order valence-electron chi connectivity index (χ2n) is 4.37. The van der Waals surface area contributed by atoms with Crippen molar-refractivity contribution in [2.45, 2.75) is 0 Å². The van der Waals surface area contributed by atoms with Crippen LogP contribution < -0.4 is 10.5 Å². The number of carbonyl (C=O) groups excluding carboxylic acids is 1. The minimum atomic E-state index is -0.758. The van der Waals surface area contributed by atoms with Crippen molar-refractivity contribution in [3.05, 3.63) is 40.2 Å². The minimum absolute atomic E-state index is 0.0536.